The lowest BCUT2D eigenvalue weighted by atomic mass is 10.2. The van der Waals surface area contributed by atoms with Crippen LogP contribution in [-0.4, -0.2) is 6.29 Å². The molecule has 0 aliphatic carbocycles. The molecule has 0 rings (SSSR count). The molecule has 0 fully saturated rings. The van der Waals surface area contributed by atoms with Gasteiger partial charge in [-0.05, 0) is 24.3 Å². The lowest BCUT2D eigenvalue weighted by Gasteiger charge is -1.89. The van der Waals surface area contributed by atoms with Gasteiger partial charge in [0, 0.05) is 5.57 Å². The van der Waals surface area contributed by atoms with E-state index in [2.05, 4.69) is 12.6 Å². The number of allylic oxidation sites excluding steroid dienone is 4. The first-order chi connectivity index (χ1) is 4.70. The van der Waals surface area contributed by atoms with E-state index >= 15 is 0 Å². The molecule has 0 saturated carbocycles. The first-order valence-corrected chi connectivity index (χ1v) is 3.68. The third-order valence-electron chi connectivity index (χ3n) is 0.951. The summed E-state index contributed by atoms with van der Waals surface area (Å²) in [6.07, 6.45) is 5.33. The fourth-order valence-corrected chi connectivity index (χ4v) is 0.767. The third-order valence-corrected chi connectivity index (χ3v) is 1.08. The van der Waals surface area contributed by atoms with Gasteiger partial charge in [0.1, 0.15) is 6.29 Å². The van der Waals surface area contributed by atoms with Crippen molar-refractivity contribution >= 4 is 18.9 Å². The minimum absolute atomic E-state index is 0.704. The van der Waals surface area contributed by atoms with Crippen molar-refractivity contribution in [2.75, 3.05) is 0 Å². The quantitative estimate of drug-likeness (QED) is 0.287. The van der Waals surface area contributed by atoms with E-state index in [9.17, 15) is 4.79 Å². The highest BCUT2D eigenvalue weighted by Crippen LogP contribution is 2.03. The molecule has 0 atom stereocenters. The number of aldehydes is 1. The standard InChI is InChI=1S/C8H12OS/c1-3-4-8(6-9)5-7(2)10/h4-6,10H,3H2,1-2H3/b7-5+,8-4+. The molecular formula is C8H12OS. The van der Waals surface area contributed by atoms with Gasteiger partial charge in [-0.25, -0.2) is 0 Å². The maximum absolute atomic E-state index is 10.3. The Morgan fingerprint density at radius 3 is 2.50 bits per heavy atom. The molecular weight excluding hydrogens is 144 g/mol. The second-order valence-electron chi connectivity index (χ2n) is 2.02. The van der Waals surface area contributed by atoms with Crippen molar-refractivity contribution in [3.8, 4) is 0 Å². The van der Waals surface area contributed by atoms with Crippen LogP contribution in [0.1, 0.15) is 20.3 Å². The summed E-state index contributed by atoms with van der Waals surface area (Å²) in [5, 5.41) is 0. The van der Waals surface area contributed by atoms with Gasteiger partial charge in [0.25, 0.3) is 0 Å². The zero-order valence-corrected chi connectivity index (χ0v) is 7.19. The normalized spacial score (nSPS) is 13.5. The highest BCUT2D eigenvalue weighted by Gasteiger charge is 1.87. The smallest absolute Gasteiger partial charge is 0.149 e. The Balaban J connectivity index is 4.23. The Morgan fingerprint density at radius 1 is 1.60 bits per heavy atom. The van der Waals surface area contributed by atoms with Gasteiger partial charge in [0.05, 0.1) is 0 Å². The van der Waals surface area contributed by atoms with E-state index in [4.69, 9.17) is 0 Å². The van der Waals surface area contributed by atoms with Crippen molar-refractivity contribution in [2.45, 2.75) is 20.3 Å². The number of thiol groups is 1. The average molecular weight is 156 g/mol. The van der Waals surface area contributed by atoms with Crippen molar-refractivity contribution in [1.29, 1.82) is 0 Å². The van der Waals surface area contributed by atoms with E-state index in [0.29, 0.717) is 5.57 Å². The predicted octanol–water partition coefficient (Wildman–Crippen LogP) is 2.36. The van der Waals surface area contributed by atoms with Crippen molar-refractivity contribution in [3.05, 3.63) is 22.6 Å². The Hall–Kier alpha value is -0.500. The molecule has 56 valence electrons. The number of hydrogen-bond acceptors (Lipinski definition) is 2. The van der Waals surface area contributed by atoms with E-state index in [1.165, 1.54) is 0 Å². The van der Waals surface area contributed by atoms with Crippen LogP contribution >= 0.6 is 12.6 Å². The fraction of sp³-hybridized carbons (Fsp3) is 0.375. The Bertz CT molecular complexity index is 164. The van der Waals surface area contributed by atoms with Gasteiger partial charge in [0.15, 0.2) is 0 Å². The molecule has 0 unspecified atom stereocenters. The van der Waals surface area contributed by atoms with Crippen molar-refractivity contribution in [2.24, 2.45) is 0 Å². The molecule has 10 heavy (non-hydrogen) atoms. The van der Waals surface area contributed by atoms with E-state index in [1.807, 2.05) is 19.9 Å². The molecule has 0 aliphatic heterocycles. The predicted molar refractivity (Wildman–Crippen MR) is 47.2 cm³/mol. The first-order valence-electron chi connectivity index (χ1n) is 3.23. The Morgan fingerprint density at radius 2 is 2.20 bits per heavy atom. The summed E-state index contributed by atoms with van der Waals surface area (Å²) in [7, 11) is 0. The second-order valence-corrected chi connectivity index (χ2v) is 2.72. The molecule has 0 aliphatic rings. The summed E-state index contributed by atoms with van der Waals surface area (Å²) < 4.78 is 0. The number of hydrogen-bond donors (Lipinski definition) is 1. The highest BCUT2D eigenvalue weighted by atomic mass is 32.1. The molecule has 0 radical (unpaired) electrons. The van der Waals surface area contributed by atoms with Crippen LogP contribution in [0.3, 0.4) is 0 Å². The fourth-order valence-electron chi connectivity index (χ4n) is 0.618. The summed E-state index contributed by atoms with van der Waals surface area (Å²) in [4.78, 5) is 11.1. The van der Waals surface area contributed by atoms with E-state index in [0.717, 1.165) is 17.6 Å². The maximum atomic E-state index is 10.3. The molecule has 0 aromatic rings. The van der Waals surface area contributed by atoms with Gasteiger partial charge in [0.2, 0.25) is 0 Å². The average Bonchev–Trinajstić information content (AvgIpc) is 1.86. The highest BCUT2D eigenvalue weighted by molar-refractivity contribution is 7.84. The minimum Gasteiger partial charge on any atom is -0.298 e. The number of carbonyl (C=O) groups excluding carboxylic acids is 1. The van der Waals surface area contributed by atoms with Crippen LogP contribution in [0.2, 0.25) is 0 Å². The van der Waals surface area contributed by atoms with Crippen molar-refractivity contribution in [1.82, 2.24) is 0 Å². The molecule has 2 heteroatoms. The maximum Gasteiger partial charge on any atom is 0.149 e. The van der Waals surface area contributed by atoms with Crippen molar-refractivity contribution < 1.29 is 4.79 Å². The summed E-state index contributed by atoms with van der Waals surface area (Å²) in [6.45, 7) is 3.83. The van der Waals surface area contributed by atoms with Crippen LogP contribution in [0.25, 0.3) is 0 Å². The molecule has 0 saturated heterocycles. The van der Waals surface area contributed by atoms with E-state index in [1.54, 1.807) is 6.08 Å². The molecule has 1 nitrogen and oxygen atoms in total. The SMILES string of the molecule is CC/C=C(C=O)\C=C(/C)S. The van der Waals surface area contributed by atoms with Gasteiger partial charge in [-0.2, -0.15) is 0 Å². The largest absolute Gasteiger partial charge is 0.298 e. The topological polar surface area (TPSA) is 17.1 Å². The summed E-state index contributed by atoms with van der Waals surface area (Å²) in [6, 6.07) is 0. The van der Waals surface area contributed by atoms with Crippen LogP contribution in [0.5, 0.6) is 0 Å². The van der Waals surface area contributed by atoms with Crippen LogP contribution in [0.4, 0.5) is 0 Å². The summed E-state index contributed by atoms with van der Waals surface area (Å²) in [5.74, 6) is 0. The van der Waals surface area contributed by atoms with Crippen LogP contribution in [0, 0.1) is 0 Å². The van der Waals surface area contributed by atoms with Gasteiger partial charge >= 0.3 is 0 Å². The third kappa shape index (κ3) is 4.39. The lowest BCUT2D eigenvalue weighted by molar-refractivity contribution is -0.104. The Labute approximate surface area is 67.2 Å². The van der Waals surface area contributed by atoms with Gasteiger partial charge in [-0.15, -0.1) is 12.6 Å². The van der Waals surface area contributed by atoms with Gasteiger partial charge in [-0.1, -0.05) is 13.0 Å². The van der Waals surface area contributed by atoms with Gasteiger partial charge < -0.3 is 0 Å². The summed E-state index contributed by atoms with van der Waals surface area (Å²) in [5.41, 5.74) is 0.704. The van der Waals surface area contributed by atoms with E-state index in [-0.39, 0.29) is 0 Å². The van der Waals surface area contributed by atoms with Crippen LogP contribution in [0.15, 0.2) is 22.6 Å². The molecule has 0 aromatic carbocycles. The van der Waals surface area contributed by atoms with Crippen LogP contribution < -0.4 is 0 Å². The number of rotatable bonds is 3. The van der Waals surface area contributed by atoms with Crippen LogP contribution in [-0.2, 0) is 4.79 Å². The lowest BCUT2D eigenvalue weighted by Crippen LogP contribution is -1.78. The van der Waals surface area contributed by atoms with E-state index < -0.39 is 0 Å². The second kappa shape index (κ2) is 5.30. The zero-order chi connectivity index (χ0) is 7.98. The molecule has 0 heterocycles. The summed E-state index contributed by atoms with van der Waals surface area (Å²) >= 11 is 4.05. The molecule has 0 spiro atoms. The first kappa shape index (κ1) is 9.50. The monoisotopic (exact) mass is 156 g/mol. The Kier molecular flexibility index (Phi) is 5.03. The molecule has 0 aromatic heterocycles. The van der Waals surface area contributed by atoms with Crippen molar-refractivity contribution in [3.63, 3.8) is 0 Å². The number of carbonyl (C=O) groups is 1. The molecule has 0 N–H and O–H groups in total. The zero-order valence-electron chi connectivity index (χ0n) is 6.29. The molecule has 0 amide bonds. The minimum atomic E-state index is 0.704. The molecule has 0 bridgehead atoms. The van der Waals surface area contributed by atoms with Gasteiger partial charge in [-0.3, -0.25) is 4.79 Å².